The average Bonchev–Trinajstić information content (AvgIpc) is 2.79. The van der Waals surface area contributed by atoms with E-state index in [0.29, 0.717) is 26.4 Å². The van der Waals surface area contributed by atoms with Crippen LogP contribution in [0, 0.1) is 0 Å². The van der Waals surface area contributed by atoms with E-state index in [4.69, 9.17) is 34.8 Å². The highest BCUT2D eigenvalue weighted by atomic mass is 35.5. The summed E-state index contributed by atoms with van der Waals surface area (Å²) in [7, 11) is 0. The van der Waals surface area contributed by atoms with Gasteiger partial charge in [0.2, 0.25) is 5.91 Å². The molecule has 1 aliphatic heterocycles. The number of imide groups is 1. The molecule has 1 saturated heterocycles. The predicted octanol–water partition coefficient (Wildman–Crippen LogP) is 4.39. The largest absolute Gasteiger partial charge is 0.373 e. The second kappa shape index (κ2) is 6.40. The van der Waals surface area contributed by atoms with Gasteiger partial charge < -0.3 is 5.32 Å². The van der Waals surface area contributed by atoms with Gasteiger partial charge in [0.25, 0.3) is 5.91 Å². The fraction of sp³-hybridized carbons (Fsp3) is 0.125. The van der Waals surface area contributed by atoms with Crippen LogP contribution >= 0.6 is 34.8 Å². The van der Waals surface area contributed by atoms with Crippen LogP contribution < -0.4 is 10.2 Å². The summed E-state index contributed by atoms with van der Waals surface area (Å²) in [6.07, 6.45) is 0.0711. The molecule has 0 aliphatic carbocycles. The number of rotatable bonds is 3. The summed E-state index contributed by atoms with van der Waals surface area (Å²) >= 11 is 17.7. The fourth-order valence-electron chi connectivity index (χ4n) is 2.39. The number of hydrogen-bond donors (Lipinski definition) is 1. The fourth-order valence-corrected chi connectivity index (χ4v) is 2.82. The Morgan fingerprint density at radius 3 is 2.30 bits per heavy atom. The Hall–Kier alpha value is -1.75. The molecular weight excluding hydrogens is 359 g/mol. The van der Waals surface area contributed by atoms with Gasteiger partial charge >= 0.3 is 0 Å². The van der Waals surface area contributed by atoms with Gasteiger partial charge in [0.05, 0.1) is 22.2 Å². The van der Waals surface area contributed by atoms with E-state index in [2.05, 4.69) is 5.32 Å². The molecule has 118 valence electrons. The zero-order valence-electron chi connectivity index (χ0n) is 11.7. The van der Waals surface area contributed by atoms with E-state index >= 15 is 0 Å². The molecule has 1 fully saturated rings. The molecule has 23 heavy (non-hydrogen) atoms. The minimum absolute atomic E-state index is 0.0711. The number of anilines is 2. The van der Waals surface area contributed by atoms with Gasteiger partial charge in [-0.3, -0.25) is 9.59 Å². The molecule has 1 unspecified atom stereocenters. The zero-order valence-corrected chi connectivity index (χ0v) is 14.0. The molecule has 4 nitrogen and oxygen atoms in total. The SMILES string of the molecule is O=C1CC(Nc2ccc(Cl)c(Cl)c2)C(=O)N1c1ccc(Cl)cc1. The average molecular weight is 370 g/mol. The standard InChI is InChI=1S/C16H11Cl3N2O2/c17-9-1-4-11(5-2-9)21-15(22)8-14(16(21)23)20-10-3-6-12(18)13(19)7-10/h1-7,14,20H,8H2. The molecule has 2 aromatic rings. The topological polar surface area (TPSA) is 49.4 Å². The van der Waals surface area contributed by atoms with Crippen LogP contribution in [0.4, 0.5) is 11.4 Å². The number of amides is 2. The summed E-state index contributed by atoms with van der Waals surface area (Å²) in [6, 6.07) is 10.9. The van der Waals surface area contributed by atoms with E-state index in [0.717, 1.165) is 4.90 Å². The van der Waals surface area contributed by atoms with Gasteiger partial charge in [-0.15, -0.1) is 0 Å². The number of nitrogens with one attached hydrogen (secondary N) is 1. The Labute approximate surface area is 147 Å². The lowest BCUT2D eigenvalue weighted by molar-refractivity contribution is -0.121. The maximum absolute atomic E-state index is 12.5. The minimum Gasteiger partial charge on any atom is -0.373 e. The van der Waals surface area contributed by atoms with Crippen LogP contribution in [-0.4, -0.2) is 17.9 Å². The summed E-state index contributed by atoms with van der Waals surface area (Å²) in [4.78, 5) is 25.8. The maximum Gasteiger partial charge on any atom is 0.256 e. The summed E-state index contributed by atoms with van der Waals surface area (Å²) in [5, 5.41) is 4.36. The van der Waals surface area contributed by atoms with Crippen molar-refractivity contribution >= 4 is 58.0 Å². The third kappa shape index (κ3) is 3.29. The van der Waals surface area contributed by atoms with Gasteiger partial charge in [-0.05, 0) is 42.5 Å². The zero-order chi connectivity index (χ0) is 16.6. The number of halogens is 3. The third-order valence-electron chi connectivity index (χ3n) is 3.49. The summed E-state index contributed by atoms with van der Waals surface area (Å²) < 4.78 is 0. The van der Waals surface area contributed by atoms with Crippen molar-refractivity contribution in [2.75, 3.05) is 10.2 Å². The van der Waals surface area contributed by atoms with E-state index in [1.54, 1.807) is 42.5 Å². The maximum atomic E-state index is 12.5. The van der Waals surface area contributed by atoms with E-state index in [1.165, 1.54) is 0 Å². The molecule has 0 bridgehead atoms. The van der Waals surface area contributed by atoms with Crippen molar-refractivity contribution in [3.63, 3.8) is 0 Å². The van der Waals surface area contributed by atoms with Crippen LogP contribution in [0.1, 0.15) is 6.42 Å². The van der Waals surface area contributed by atoms with Crippen LogP contribution in [0.3, 0.4) is 0 Å². The van der Waals surface area contributed by atoms with Crippen molar-refractivity contribution in [2.24, 2.45) is 0 Å². The Balaban J connectivity index is 1.80. The second-order valence-corrected chi connectivity index (χ2v) is 6.32. The molecule has 1 atom stereocenters. The van der Waals surface area contributed by atoms with Gasteiger partial charge in [0, 0.05) is 10.7 Å². The van der Waals surface area contributed by atoms with Crippen molar-refractivity contribution < 1.29 is 9.59 Å². The number of benzene rings is 2. The quantitative estimate of drug-likeness (QED) is 0.816. The highest BCUT2D eigenvalue weighted by molar-refractivity contribution is 6.42. The van der Waals surface area contributed by atoms with Gasteiger partial charge in [0.1, 0.15) is 6.04 Å². The molecule has 2 aromatic carbocycles. The van der Waals surface area contributed by atoms with Gasteiger partial charge in [-0.1, -0.05) is 34.8 Å². The van der Waals surface area contributed by atoms with Crippen molar-refractivity contribution in [1.82, 2.24) is 0 Å². The lowest BCUT2D eigenvalue weighted by atomic mass is 10.2. The summed E-state index contributed by atoms with van der Waals surface area (Å²) in [5.74, 6) is -0.585. The van der Waals surface area contributed by atoms with Crippen molar-refractivity contribution in [3.05, 3.63) is 57.5 Å². The van der Waals surface area contributed by atoms with Gasteiger partial charge in [0.15, 0.2) is 0 Å². The molecule has 1 N–H and O–H groups in total. The van der Waals surface area contributed by atoms with Gasteiger partial charge in [-0.2, -0.15) is 0 Å². The first-order chi connectivity index (χ1) is 11.0. The van der Waals surface area contributed by atoms with Crippen LogP contribution in [0.15, 0.2) is 42.5 Å². The number of carbonyl (C=O) groups is 2. The molecule has 0 spiro atoms. The number of nitrogens with zero attached hydrogens (tertiary/aromatic N) is 1. The first-order valence-corrected chi connectivity index (χ1v) is 7.93. The molecule has 7 heteroatoms. The molecule has 0 saturated carbocycles. The third-order valence-corrected chi connectivity index (χ3v) is 4.48. The van der Waals surface area contributed by atoms with E-state index < -0.39 is 6.04 Å². The predicted molar refractivity (Wildman–Crippen MR) is 92.4 cm³/mol. The van der Waals surface area contributed by atoms with E-state index in [-0.39, 0.29) is 18.2 Å². The molecule has 1 aliphatic rings. The van der Waals surface area contributed by atoms with Crippen LogP contribution in [-0.2, 0) is 9.59 Å². The normalized spacial score (nSPS) is 17.7. The van der Waals surface area contributed by atoms with E-state index in [9.17, 15) is 9.59 Å². The monoisotopic (exact) mass is 368 g/mol. The first kappa shape index (κ1) is 16.1. The first-order valence-electron chi connectivity index (χ1n) is 6.79. The lowest BCUT2D eigenvalue weighted by Crippen LogP contribution is -2.34. The molecule has 0 aromatic heterocycles. The highest BCUT2D eigenvalue weighted by Gasteiger charge is 2.39. The highest BCUT2D eigenvalue weighted by Crippen LogP contribution is 2.29. The molecule has 1 heterocycles. The smallest absolute Gasteiger partial charge is 0.256 e. The van der Waals surface area contributed by atoms with E-state index in [1.807, 2.05) is 0 Å². The molecule has 0 radical (unpaired) electrons. The Bertz CT molecular complexity index is 777. The Morgan fingerprint density at radius 1 is 0.957 bits per heavy atom. The summed E-state index contributed by atoms with van der Waals surface area (Å²) in [5.41, 5.74) is 1.13. The number of carbonyl (C=O) groups excluding carboxylic acids is 2. The van der Waals surface area contributed by atoms with Crippen molar-refractivity contribution in [2.45, 2.75) is 12.5 Å². The van der Waals surface area contributed by atoms with Crippen LogP contribution in [0.2, 0.25) is 15.1 Å². The Kier molecular flexibility index (Phi) is 4.48. The van der Waals surface area contributed by atoms with Crippen LogP contribution in [0.5, 0.6) is 0 Å². The molecule has 3 rings (SSSR count). The second-order valence-electron chi connectivity index (χ2n) is 5.07. The summed E-state index contributed by atoms with van der Waals surface area (Å²) in [6.45, 7) is 0. The van der Waals surface area contributed by atoms with Gasteiger partial charge in [-0.25, -0.2) is 4.90 Å². The molecule has 2 amide bonds. The van der Waals surface area contributed by atoms with Crippen molar-refractivity contribution in [1.29, 1.82) is 0 Å². The van der Waals surface area contributed by atoms with Crippen molar-refractivity contribution in [3.8, 4) is 0 Å². The molecular formula is C16H11Cl3N2O2. The van der Waals surface area contributed by atoms with Crippen LogP contribution in [0.25, 0.3) is 0 Å². The lowest BCUT2D eigenvalue weighted by Gasteiger charge is -2.16. The minimum atomic E-state index is -0.643. The number of hydrogen-bond acceptors (Lipinski definition) is 3. The Morgan fingerprint density at radius 2 is 1.65 bits per heavy atom.